The van der Waals surface area contributed by atoms with Crippen molar-refractivity contribution in [2.24, 2.45) is 0 Å². The molecule has 1 heterocycles. The maximum absolute atomic E-state index is 4.29. The van der Waals surface area contributed by atoms with E-state index in [0.29, 0.717) is 0 Å². The minimum absolute atomic E-state index is 0. The lowest BCUT2D eigenvalue weighted by Crippen LogP contribution is -1.86. The van der Waals surface area contributed by atoms with Crippen molar-refractivity contribution in [3.05, 3.63) is 17.7 Å². The Balaban J connectivity index is 0.000001000. The molecule has 1 aromatic heterocycles. The third-order valence-electron chi connectivity index (χ3n) is 1.53. The largest absolute Gasteiger partial charge is 0.348 e. The molecule has 0 aliphatic heterocycles. The Bertz CT molecular complexity index is 196. The van der Waals surface area contributed by atoms with Crippen molar-refractivity contribution in [1.29, 1.82) is 0 Å². The van der Waals surface area contributed by atoms with E-state index in [-0.39, 0.29) is 12.4 Å². The highest BCUT2D eigenvalue weighted by Gasteiger charge is 1.94. The fourth-order valence-electron chi connectivity index (χ4n) is 0.937. The van der Waals surface area contributed by atoms with Crippen LogP contribution < -0.4 is 0 Å². The van der Waals surface area contributed by atoms with Gasteiger partial charge in [-0.3, -0.25) is 0 Å². The third-order valence-corrected chi connectivity index (χ3v) is 1.53. The molecule has 0 aliphatic carbocycles. The number of hydrogen-bond acceptors (Lipinski definition) is 1. The quantitative estimate of drug-likeness (QED) is 0.750. The summed E-state index contributed by atoms with van der Waals surface area (Å²) in [4.78, 5) is 7.42. The van der Waals surface area contributed by atoms with Crippen molar-refractivity contribution in [2.45, 2.75) is 33.1 Å². The first-order valence-electron chi connectivity index (χ1n) is 3.84. The molecule has 1 N–H and O–H groups in total. The second-order valence-corrected chi connectivity index (χ2v) is 2.59. The second-order valence-electron chi connectivity index (χ2n) is 2.59. The first kappa shape index (κ1) is 10.5. The normalized spacial score (nSPS) is 9.27. The van der Waals surface area contributed by atoms with Crippen LogP contribution in [0.4, 0.5) is 0 Å². The molecule has 1 aromatic rings. The van der Waals surface area contributed by atoms with Crippen LogP contribution in [0, 0.1) is 6.92 Å². The van der Waals surface area contributed by atoms with Crippen LogP contribution in [0.25, 0.3) is 0 Å². The molecule has 0 fully saturated rings. The Labute approximate surface area is 73.8 Å². The minimum Gasteiger partial charge on any atom is -0.348 e. The second kappa shape index (κ2) is 5.19. The Morgan fingerprint density at radius 1 is 1.55 bits per heavy atom. The SMILES string of the molecule is CCCCc1nc(C)c[nH]1.Cl. The highest BCUT2D eigenvalue weighted by atomic mass is 35.5. The number of aryl methyl sites for hydroxylation is 2. The molecule has 0 atom stereocenters. The van der Waals surface area contributed by atoms with Crippen LogP contribution in [0.1, 0.15) is 31.3 Å². The van der Waals surface area contributed by atoms with Gasteiger partial charge in [-0.2, -0.15) is 0 Å². The molecule has 0 saturated carbocycles. The Hall–Kier alpha value is -0.500. The molecule has 0 aliphatic rings. The fraction of sp³-hybridized carbons (Fsp3) is 0.625. The summed E-state index contributed by atoms with van der Waals surface area (Å²) in [5, 5.41) is 0. The lowest BCUT2D eigenvalue weighted by molar-refractivity contribution is 0.761. The van der Waals surface area contributed by atoms with E-state index in [1.165, 1.54) is 12.8 Å². The number of halogens is 1. The van der Waals surface area contributed by atoms with E-state index in [9.17, 15) is 0 Å². The summed E-state index contributed by atoms with van der Waals surface area (Å²) >= 11 is 0. The van der Waals surface area contributed by atoms with E-state index >= 15 is 0 Å². The van der Waals surface area contributed by atoms with E-state index in [1.54, 1.807) is 0 Å². The topological polar surface area (TPSA) is 28.7 Å². The summed E-state index contributed by atoms with van der Waals surface area (Å²) in [6.45, 7) is 4.20. The summed E-state index contributed by atoms with van der Waals surface area (Å²) < 4.78 is 0. The van der Waals surface area contributed by atoms with Gasteiger partial charge in [0, 0.05) is 12.6 Å². The first-order chi connectivity index (χ1) is 4.83. The summed E-state index contributed by atoms with van der Waals surface area (Å²) in [6.07, 6.45) is 5.50. The van der Waals surface area contributed by atoms with Crippen molar-refractivity contribution >= 4 is 12.4 Å². The van der Waals surface area contributed by atoms with Crippen molar-refractivity contribution in [2.75, 3.05) is 0 Å². The molecule has 0 saturated heterocycles. The van der Waals surface area contributed by atoms with Crippen molar-refractivity contribution < 1.29 is 0 Å². The lowest BCUT2D eigenvalue weighted by atomic mass is 10.2. The summed E-state index contributed by atoms with van der Waals surface area (Å²) in [5.74, 6) is 1.12. The maximum atomic E-state index is 4.29. The van der Waals surface area contributed by atoms with Gasteiger partial charge in [-0.25, -0.2) is 4.98 Å². The summed E-state index contributed by atoms with van der Waals surface area (Å²) in [6, 6.07) is 0. The Kier molecular flexibility index (Phi) is 4.95. The highest BCUT2D eigenvalue weighted by molar-refractivity contribution is 5.85. The number of unbranched alkanes of at least 4 members (excludes halogenated alkanes) is 1. The van der Waals surface area contributed by atoms with Gasteiger partial charge in [0.05, 0.1) is 5.69 Å². The van der Waals surface area contributed by atoms with Gasteiger partial charge in [0.25, 0.3) is 0 Å². The molecule has 1 rings (SSSR count). The van der Waals surface area contributed by atoms with Crippen LogP contribution in [0.15, 0.2) is 6.20 Å². The molecule has 3 heteroatoms. The molecule has 64 valence electrons. The Morgan fingerprint density at radius 3 is 2.73 bits per heavy atom. The van der Waals surface area contributed by atoms with Crippen molar-refractivity contribution in [1.82, 2.24) is 9.97 Å². The van der Waals surface area contributed by atoms with Gasteiger partial charge in [-0.15, -0.1) is 12.4 Å². The van der Waals surface area contributed by atoms with E-state index in [2.05, 4.69) is 16.9 Å². The Morgan fingerprint density at radius 2 is 2.27 bits per heavy atom. The molecule has 0 bridgehead atoms. The molecule has 0 amide bonds. The first-order valence-corrected chi connectivity index (χ1v) is 3.84. The summed E-state index contributed by atoms with van der Waals surface area (Å²) in [5.41, 5.74) is 1.09. The lowest BCUT2D eigenvalue weighted by Gasteiger charge is -1.90. The molecule has 0 unspecified atom stereocenters. The van der Waals surface area contributed by atoms with E-state index < -0.39 is 0 Å². The van der Waals surface area contributed by atoms with E-state index in [0.717, 1.165) is 17.9 Å². The van der Waals surface area contributed by atoms with Gasteiger partial charge < -0.3 is 4.98 Å². The monoisotopic (exact) mass is 174 g/mol. The standard InChI is InChI=1S/C8H14N2.ClH/c1-3-4-5-8-9-6-7(2)10-8;/h6H,3-5H2,1-2H3,(H,9,10);1H. The van der Waals surface area contributed by atoms with Crippen LogP contribution in [0.5, 0.6) is 0 Å². The van der Waals surface area contributed by atoms with Gasteiger partial charge in [0.2, 0.25) is 0 Å². The zero-order chi connectivity index (χ0) is 7.40. The number of aromatic nitrogens is 2. The predicted molar refractivity (Wildman–Crippen MR) is 49.2 cm³/mol. The number of nitrogens with zero attached hydrogens (tertiary/aromatic N) is 1. The average molecular weight is 175 g/mol. The number of H-pyrrole nitrogens is 1. The van der Waals surface area contributed by atoms with Crippen LogP contribution in [0.3, 0.4) is 0 Å². The number of aromatic amines is 1. The summed E-state index contributed by atoms with van der Waals surface area (Å²) in [7, 11) is 0. The van der Waals surface area contributed by atoms with Crippen molar-refractivity contribution in [3.63, 3.8) is 0 Å². The molecule has 0 radical (unpaired) electrons. The fourth-order valence-corrected chi connectivity index (χ4v) is 0.937. The molecular formula is C8H15ClN2. The minimum atomic E-state index is 0. The van der Waals surface area contributed by atoms with Crippen LogP contribution in [-0.4, -0.2) is 9.97 Å². The smallest absolute Gasteiger partial charge is 0.106 e. The molecule has 0 aromatic carbocycles. The van der Waals surface area contributed by atoms with Gasteiger partial charge in [-0.1, -0.05) is 13.3 Å². The third kappa shape index (κ3) is 3.42. The van der Waals surface area contributed by atoms with Crippen molar-refractivity contribution in [3.8, 4) is 0 Å². The highest BCUT2D eigenvalue weighted by Crippen LogP contribution is 1.99. The average Bonchev–Trinajstić information content (AvgIpc) is 2.31. The van der Waals surface area contributed by atoms with Gasteiger partial charge in [0.15, 0.2) is 0 Å². The number of imidazole rings is 1. The maximum Gasteiger partial charge on any atom is 0.106 e. The zero-order valence-electron chi connectivity index (χ0n) is 7.05. The number of rotatable bonds is 3. The van der Waals surface area contributed by atoms with Crippen LogP contribution in [0.2, 0.25) is 0 Å². The zero-order valence-corrected chi connectivity index (χ0v) is 7.87. The van der Waals surface area contributed by atoms with Crippen LogP contribution >= 0.6 is 12.4 Å². The van der Waals surface area contributed by atoms with Gasteiger partial charge >= 0.3 is 0 Å². The van der Waals surface area contributed by atoms with Gasteiger partial charge in [-0.05, 0) is 13.3 Å². The van der Waals surface area contributed by atoms with E-state index in [4.69, 9.17) is 0 Å². The molecular weight excluding hydrogens is 160 g/mol. The molecule has 11 heavy (non-hydrogen) atoms. The molecule has 0 spiro atoms. The van der Waals surface area contributed by atoms with Crippen LogP contribution in [-0.2, 0) is 6.42 Å². The predicted octanol–water partition coefficient (Wildman–Crippen LogP) is 2.48. The van der Waals surface area contributed by atoms with Gasteiger partial charge in [0.1, 0.15) is 5.82 Å². The molecule has 2 nitrogen and oxygen atoms in total. The number of nitrogens with one attached hydrogen (secondary N) is 1. The number of hydrogen-bond donors (Lipinski definition) is 1. The van der Waals surface area contributed by atoms with E-state index in [1.807, 2.05) is 13.1 Å².